The summed E-state index contributed by atoms with van der Waals surface area (Å²) in [5, 5.41) is 0. The van der Waals surface area contributed by atoms with Gasteiger partial charge in [0.15, 0.2) is 5.78 Å². The highest BCUT2D eigenvalue weighted by molar-refractivity contribution is 6.15. The molecule has 0 N–H and O–H groups in total. The lowest BCUT2D eigenvalue weighted by molar-refractivity contribution is -0.0728. The highest BCUT2D eigenvalue weighted by atomic mass is 16.5. The van der Waals surface area contributed by atoms with Crippen molar-refractivity contribution < 1.29 is 14.3 Å². The average molecular weight is 421 g/mol. The summed E-state index contributed by atoms with van der Waals surface area (Å²) in [7, 11) is 0. The third-order valence-electron chi connectivity index (χ3n) is 6.35. The molecule has 2 unspecified atom stereocenters. The monoisotopic (exact) mass is 420 g/mol. The van der Waals surface area contributed by atoms with Crippen LogP contribution in [0, 0.1) is 5.92 Å². The maximum atomic E-state index is 13.3. The second-order valence-electron chi connectivity index (χ2n) is 8.95. The molecule has 2 aliphatic heterocycles. The number of rotatable bonds is 5. The normalized spacial score (nSPS) is 23.0. The molecule has 2 atom stereocenters. The largest absolute Gasteiger partial charge is 0.373 e. The number of nitrogens with zero attached hydrogens (tertiary/aromatic N) is 2. The molecule has 31 heavy (non-hydrogen) atoms. The summed E-state index contributed by atoms with van der Waals surface area (Å²) in [6.45, 7) is 8.80. The number of likely N-dealkylation sites (tertiary alicyclic amines) is 1. The van der Waals surface area contributed by atoms with E-state index in [4.69, 9.17) is 4.74 Å². The van der Waals surface area contributed by atoms with Crippen molar-refractivity contribution in [3.63, 3.8) is 0 Å². The molecule has 0 radical (unpaired) electrons. The standard InChI is InChI=1S/C26H32N2O3/c1-19-16-27(17-20(2)31-19)18-21-12-14-28(15-13-21)26(30)24-11-7-6-10-23(24)25(29)22-8-4-3-5-9-22/h3-11,19-21H,12-18H2,1-2H3. The molecule has 2 aliphatic rings. The fraction of sp³-hybridized carbons (Fsp3) is 0.462. The van der Waals surface area contributed by atoms with Gasteiger partial charge in [-0.1, -0.05) is 48.5 Å². The van der Waals surface area contributed by atoms with Crippen LogP contribution in [-0.2, 0) is 4.74 Å². The van der Waals surface area contributed by atoms with Gasteiger partial charge in [0.2, 0.25) is 0 Å². The molecule has 164 valence electrons. The van der Waals surface area contributed by atoms with Crippen LogP contribution >= 0.6 is 0 Å². The molecular formula is C26H32N2O3. The number of carbonyl (C=O) groups excluding carboxylic acids is 2. The van der Waals surface area contributed by atoms with Crippen molar-refractivity contribution in [2.45, 2.75) is 38.9 Å². The predicted octanol–water partition coefficient (Wildman–Crippen LogP) is 3.88. The van der Waals surface area contributed by atoms with Crippen molar-refractivity contribution in [2.75, 3.05) is 32.7 Å². The Hall–Kier alpha value is -2.50. The van der Waals surface area contributed by atoms with Gasteiger partial charge < -0.3 is 9.64 Å². The Kier molecular flexibility index (Phi) is 6.83. The van der Waals surface area contributed by atoms with E-state index in [9.17, 15) is 9.59 Å². The lowest BCUT2D eigenvalue weighted by atomic mass is 9.93. The van der Waals surface area contributed by atoms with Gasteiger partial charge in [-0.25, -0.2) is 0 Å². The summed E-state index contributed by atoms with van der Waals surface area (Å²) >= 11 is 0. The van der Waals surface area contributed by atoms with Gasteiger partial charge in [0.25, 0.3) is 5.91 Å². The summed E-state index contributed by atoms with van der Waals surface area (Å²) in [6, 6.07) is 16.4. The van der Waals surface area contributed by atoms with E-state index in [0.717, 1.165) is 45.6 Å². The maximum absolute atomic E-state index is 13.3. The van der Waals surface area contributed by atoms with E-state index in [1.165, 1.54) is 0 Å². The van der Waals surface area contributed by atoms with E-state index in [2.05, 4.69) is 18.7 Å². The molecule has 0 aliphatic carbocycles. The summed E-state index contributed by atoms with van der Waals surface area (Å²) in [6.07, 6.45) is 2.56. The van der Waals surface area contributed by atoms with Crippen LogP contribution in [0.4, 0.5) is 0 Å². The predicted molar refractivity (Wildman–Crippen MR) is 121 cm³/mol. The molecule has 2 fully saturated rings. The van der Waals surface area contributed by atoms with Crippen molar-refractivity contribution in [1.29, 1.82) is 0 Å². The molecule has 2 aromatic carbocycles. The fourth-order valence-corrected chi connectivity index (χ4v) is 4.90. The van der Waals surface area contributed by atoms with Crippen molar-refractivity contribution in [2.24, 2.45) is 5.92 Å². The average Bonchev–Trinajstić information content (AvgIpc) is 2.78. The molecule has 0 bridgehead atoms. The van der Waals surface area contributed by atoms with Gasteiger partial charge in [-0.05, 0) is 38.7 Å². The number of morpholine rings is 1. The first-order valence-corrected chi connectivity index (χ1v) is 11.4. The first kappa shape index (κ1) is 21.7. The number of hydrogen-bond acceptors (Lipinski definition) is 4. The second-order valence-corrected chi connectivity index (χ2v) is 8.95. The Morgan fingerprint density at radius 3 is 2.10 bits per heavy atom. The van der Waals surface area contributed by atoms with Crippen LogP contribution in [-0.4, -0.2) is 66.4 Å². The zero-order chi connectivity index (χ0) is 21.8. The Morgan fingerprint density at radius 1 is 0.871 bits per heavy atom. The number of ketones is 1. The molecule has 2 heterocycles. The lowest BCUT2D eigenvalue weighted by Gasteiger charge is -2.39. The van der Waals surface area contributed by atoms with Gasteiger partial charge in [0.05, 0.1) is 17.8 Å². The molecule has 0 saturated carbocycles. The number of benzene rings is 2. The molecule has 0 aromatic heterocycles. The van der Waals surface area contributed by atoms with E-state index in [1.54, 1.807) is 24.3 Å². The van der Waals surface area contributed by atoms with Gasteiger partial charge in [-0.15, -0.1) is 0 Å². The third kappa shape index (κ3) is 5.23. The molecule has 2 aromatic rings. The maximum Gasteiger partial charge on any atom is 0.254 e. The van der Waals surface area contributed by atoms with E-state index in [0.29, 0.717) is 22.6 Å². The molecule has 0 spiro atoms. The van der Waals surface area contributed by atoms with Crippen molar-refractivity contribution in [3.05, 3.63) is 71.3 Å². The first-order valence-electron chi connectivity index (χ1n) is 11.4. The van der Waals surface area contributed by atoms with E-state index in [-0.39, 0.29) is 23.9 Å². The highest BCUT2D eigenvalue weighted by Crippen LogP contribution is 2.24. The molecule has 5 nitrogen and oxygen atoms in total. The van der Waals surface area contributed by atoms with Gasteiger partial charge in [-0.3, -0.25) is 14.5 Å². The van der Waals surface area contributed by atoms with E-state index >= 15 is 0 Å². The summed E-state index contributed by atoms with van der Waals surface area (Å²) in [5.41, 5.74) is 1.60. The summed E-state index contributed by atoms with van der Waals surface area (Å²) in [5.74, 6) is 0.463. The zero-order valence-electron chi connectivity index (χ0n) is 18.5. The molecule has 5 heteroatoms. The van der Waals surface area contributed by atoms with Crippen LogP contribution < -0.4 is 0 Å². The van der Waals surface area contributed by atoms with Gasteiger partial charge in [-0.2, -0.15) is 0 Å². The van der Waals surface area contributed by atoms with Crippen molar-refractivity contribution in [1.82, 2.24) is 9.80 Å². The van der Waals surface area contributed by atoms with Crippen LogP contribution in [0.25, 0.3) is 0 Å². The van der Waals surface area contributed by atoms with Crippen LogP contribution in [0.15, 0.2) is 54.6 Å². The minimum atomic E-state index is -0.102. The second kappa shape index (κ2) is 9.75. The zero-order valence-corrected chi connectivity index (χ0v) is 18.5. The van der Waals surface area contributed by atoms with Crippen LogP contribution in [0.3, 0.4) is 0 Å². The topological polar surface area (TPSA) is 49.9 Å². The fourth-order valence-electron chi connectivity index (χ4n) is 4.90. The number of carbonyl (C=O) groups is 2. The van der Waals surface area contributed by atoms with Crippen molar-refractivity contribution >= 4 is 11.7 Å². The lowest BCUT2D eigenvalue weighted by Crippen LogP contribution is -2.48. The SMILES string of the molecule is CC1CN(CC2CCN(C(=O)c3ccccc3C(=O)c3ccccc3)CC2)CC(C)O1. The molecule has 1 amide bonds. The van der Waals surface area contributed by atoms with Gasteiger partial charge in [0.1, 0.15) is 0 Å². The molecule has 2 saturated heterocycles. The van der Waals surface area contributed by atoms with E-state index < -0.39 is 0 Å². The van der Waals surface area contributed by atoms with Crippen LogP contribution in [0.2, 0.25) is 0 Å². The minimum absolute atomic E-state index is 0.0352. The summed E-state index contributed by atoms with van der Waals surface area (Å²) < 4.78 is 5.84. The summed E-state index contributed by atoms with van der Waals surface area (Å²) in [4.78, 5) is 30.7. The quantitative estimate of drug-likeness (QED) is 0.689. The van der Waals surface area contributed by atoms with Crippen LogP contribution in [0.1, 0.15) is 53.0 Å². The van der Waals surface area contributed by atoms with Gasteiger partial charge in [0, 0.05) is 43.9 Å². The highest BCUT2D eigenvalue weighted by Gasteiger charge is 2.29. The Morgan fingerprint density at radius 2 is 1.45 bits per heavy atom. The number of piperidine rings is 1. The molecule has 4 rings (SSSR count). The number of hydrogen-bond donors (Lipinski definition) is 0. The smallest absolute Gasteiger partial charge is 0.254 e. The van der Waals surface area contributed by atoms with Gasteiger partial charge >= 0.3 is 0 Å². The number of amides is 1. The Labute approximate surface area is 185 Å². The minimum Gasteiger partial charge on any atom is -0.373 e. The Balaban J connectivity index is 1.39. The third-order valence-corrected chi connectivity index (χ3v) is 6.35. The number of ether oxygens (including phenoxy) is 1. The first-order chi connectivity index (χ1) is 15.0. The van der Waals surface area contributed by atoms with Crippen molar-refractivity contribution in [3.8, 4) is 0 Å². The Bertz CT molecular complexity index is 896. The molecular weight excluding hydrogens is 388 g/mol. The van der Waals surface area contributed by atoms with E-state index in [1.807, 2.05) is 35.2 Å². The van der Waals surface area contributed by atoms with Crippen LogP contribution in [0.5, 0.6) is 0 Å².